The normalized spacial score (nSPS) is 18.8. The summed E-state index contributed by atoms with van der Waals surface area (Å²) in [5.74, 6) is -2.45. The fraction of sp³-hybridized carbons (Fsp3) is 0.333. The molecule has 2 unspecified atom stereocenters. The molecule has 176 valence electrons. The minimum absolute atomic E-state index is 0.00664. The lowest BCUT2D eigenvalue weighted by Crippen LogP contribution is -2.47. The maximum atomic E-state index is 13.9. The van der Waals surface area contributed by atoms with E-state index in [9.17, 15) is 14.6 Å². The van der Waals surface area contributed by atoms with Crippen LogP contribution in [-0.4, -0.2) is 50.3 Å². The summed E-state index contributed by atoms with van der Waals surface area (Å²) in [4.78, 5) is 4.18. The molecule has 0 amide bonds. The summed E-state index contributed by atoms with van der Waals surface area (Å²) in [6.07, 6.45) is 3.88. The molecule has 2 aromatic heterocycles. The predicted octanol–water partition coefficient (Wildman–Crippen LogP) is 3.17. The van der Waals surface area contributed by atoms with E-state index in [1.165, 1.54) is 12.1 Å². The van der Waals surface area contributed by atoms with Crippen molar-refractivity contribution in [3.05, 3.63) is 58.2 Å². The van der Waals surface area contributed by atoms with Crippen molar-refractivity contribution < 1.29 is 28.8 Å². The molecular weight excluding hydrogens is 478 g/mol. The number of pyridine rings is 1. The molecule has 1 saturated heterocycles. The van der Waals surface area contributed by atoms with Crippen LogP contribution in [0.1, 0.15) is 18.6 Å². The molecule has 4 rings (SSSR count). The van der Waals surface area contributed by atoms with E-state index >= 15 is 0 Å². The third kappa shape index (κ3) is 5.37. The number of aromatic nitrogens is 3. The average molecular weight is 499 g/mol. The van der Waals surface area contributed by atoms with Gasteiger partial charge >= 0.3 is 5.97 Å². The summed E-state index contributed by atoms with van der Waals surface area (Å²) in [5.41, 5.74) is 7.70. The van der Waals surface area contributed by atoms with Gasteiger partial charge in [-0.3, -0.25) is 4.68 Å². The third-order valence-corrected chi connectivity index (χ3v) is 5.75. The number of anilines is 1. The van der Waals surface area contributed by atoms with Crippen LogP contribution in [0.3, 0.4) is 0 Å². The SMILES string of the molecule is CC(Oc1cc(-c2cnn(CC3COC(O)(O)CO3)c2)cnc1N)c1c(Cl)ccc(F)c1Cl. The number of nitrogens with two attached hydrogens (primary N) is 1. The summed E-state index contributed by atoms with van der Waals surface area (Å²) < 4.78 is 31.8. The maximum absolute atomic E-state index is 13.9. The second-order valence-corrected chi connectivity index (χ2v) is 8.35. The van der Waals surface area contributed by atoms with E-state index < -0.39 is 24.0 Å². The maximum Gasteiger partial charge on any atom is 0.302 e. The molecule has 1 aromatic carbocycles. The first-order valence-corrected chi connectivity index (χ1v) is 10.7. The van der Waals surface area contributed by atoms with Gasteiger partial charge in [-0.25, -0.2) is 9.37 Å². The van der Waals surface area contributed by atoms with Crippen molar-refractivity contribution in [1.82, 2.24) is 14.8 Å². The average Bonchev–Trinajstić information content (AvgIpc) is 3.23. The number of benzene rings is 1. The highest BCUT2D eigenvalue weighted by Crippen LogP contribution is 2.37. The molecule has 0 aliphatic carbocycles. The van der Waals surface area contributed by atoms with Crippen LogP contribution >= 0.6 is 23.2 Å². The summed E-state index contributed by atoms with van der Waals surface area (Å²) >= 11 is 12.3. The molecule has 12 heteroatoms. The van der Waals surface area contributed by atoms with Crippen LogP contribution in [0.15, 0.2) is 36.8 Å². The number of rotatable bonds is 6. The number of hydrogen-bond donors (Lipinski definition) is 3. The molecule has 4 N–H and O–H groups in total. The predicted molar refractivity (Wildman–Crippen MR) is 118 cm³/mol. The van der Waals surface area contributed by atoms with Crippen LogP contribution in [0.2, 0.25) is 10.0 Å². The van der Waals surface area contributed by atoms with Gasteiger partial charge in [0.15, 0.2) is 11.6 Å². The molecule has 3 heterocycles. The highest BCUT2D eigenvalue weighted by atomic mass is 35.5. The van der Waals surface area contributed by atoms with Gasteiger partial charge in [0.05, 0.1) is 24.4 Å². The number of ether oxygens (including phenoxy) is 3. The highest BCUT2D eigenvalue weighted by Gasteiger charge is 2.33. The lowest BCUT2D eigenvalue weighted by atomic mass is 10.1. The topological polar surface area (TPSA) is 125 Å². The first-order chi connectivity index (χ1) is 15.6. The number of aliphatic hydroxyl groups is 2. The van der Waals surface area contributed by atoms with Crippen molar-refractivity contribution in [2.24, 2.45) is 0 Å². The van der Waals surface area contributed by atoms with Crippen LogP contribution in [0, 0.1) is 5.82 Å². The zero-order valence-electron chi connectivity index (χ0n) is 17.4. The Balaban J connectivity index is 1.50. The van der Waals surface area contributed by atoms with E-state index in [-0.39, 0.29) is 34.8 Å². The first kappa shape index (κ1) is 23.7. The highest BCUT2D eigenvalue weighted by molar-refractivity contribution is 6.36. The van der Waals surface area contributed by atoms with Crippen molar-refractivity contribution in [3.8, 4) is 16.9 Å². The number of nitrogen functional groups attached to an aromatic ring is 1. The summed E-state index contributed by atoms with van der Waals surface area (Å²) in [5, 5.41) is 23.2. The number of hydrogen-bond acceptors (Lipinski definition) is 8. The van der Waals surface area contributed by atoms with Crippen molar-refractivity contribution >= 4 is 29.0 Å². The Hall–Kier alpha value is -2.47. The lowest BCUT2D eigenvalue weighted by molar-refractivity contribution is -0.390. The quantitative estimate of drug-likeness (QED) is 0.349. The lowest BCUT2D eigenvalue weighted by Gasteiger charge is -2.31. The molecule has 0 radical (unpaired) electrons. The molecule has 3 aromatic rings. The van der Waals surface area contributed by atoms with Crippen molar-refractivity contribution in [1.29, 1.82) is 0 Å². The van der Waals surface area contributed by atoms with Gasteiger partial charge in [0, 0.05) is 34.1 Å². The first-order valence-electron chi connectivity index (χ1n) is 9.91. The molecule has 1 aliphatic heterocycles. The molecule has 0 spiro atoms. The summed E-state index contributed by atoms with van der Waals surface area (Å²) in [6, 6.07) is 4.28. The van der Waals surface area contributed by atoms with Gasteiger partial charge < -0.3 is 30.2 Å². The monoisotopic (exact) mass is 498 g/mol. The minimum Gasteiger partial charge on any atom is -0.482 e. The smallest absolute Gasteiger partial charge is 0.302 e. The summed E-state index contributed by atoms with van der Waals surface area (Å²) in [6.45, 7) is 1.67. The summed E-state index contributed by atoms with van der Waals surface area (Å²) in [7, 11) is 0. The Kier molecular flexibility index (Phi) is 6.76. The van der Waals surface area contributed by atoms with Gasteiger partial charge in [0.1, 0.15) is 24.6 Å². The van der Waals surface area contributed by atoms with Gasteiger partial charge in [-0.05, 0) is 25.1 Å². The van der Waals surface area contributed by atoms with E-state index in [2.05, 4.69) is 10.1 Å². The van der Waals surface area contributed by atoms with E-state index in [4.69, 9.17) is 43.1 Å². The molecule has 9 nitrogen and oxygen atoms in total. The largest absolute Gasteiger partial charge is 0.482 e. The molecular formula is C21H21Cl2FN4O5. The zero-order valence-corrected chi connectivity index (χ0v) is 18.9. The second-order valence-electron chi connectivity index (χ2n) is 7.56. The van der Waals surface area contributed by atoms with Crippen LogP contribution in [0.25, 0.3) is 11.1 Å². The molecule has 33 heavy (non-hydrogen) atoms. The van der Waals surface area contributed by atoms with E-state index in [1.807, 2.05) is 0 Å². The Labute approximate surface area is 198 Å². The Bertz CT molecular complexity index is 1150. The Morgan fingerprint density at radius 2 is 2.12 bits per heavy atom. The zero-order chi connectivity index (χ0) is 23.8. The van der Waals surface area contributed by atoms with E-state index in [1.54, 1.807) is 36.3 Å². The van der Waals surface area contributed by atoms with Gasteiger partial charge in [-0.2, -0.15) is 5.10 Å². The van der Waals surface area contributed by atoms with Gasteiger partial charge in [-0.15, -0.1) is 0 Å². The van der Waals surface area contributed by atoms with E-state index in [0.717, 1.165) is 5.56 Å². The van der Waals surface area contributed by atoms with Gasteiger partial charge in [-0.1, -0.05) is 23.2 Å². The van der Waals surface area contributed by atoms with E-state index in [0.29, 0.717) is 17.7 Å². The van der Waals surface area contributed by atoms with Crippen molar-refractivity contribution in [2.75, 3.05) is 18.9 Å². The van der Waals surface area contributed by atoms with Crippen LogP contribution in [0.5, 0.6) is 5.75 Å². The van der Waals surface area contributed by atoms with Crippen LogP contribution in [-0.2, 0) is 16.0 Å². The van der Waals surface area contributed by atoms with Crippen LogP contribution < -0.4 is 10.5 Å². The minimum atomic E-state index is -2.27. The molecule has 1 aliphatic rings. The standard InChI is InChI=1S/C21H21Cl2FN4O5/c1-11(18-15(22)2-3-16(24)19(18)23)33-17-4-12(5-26-20(17)25)13-6-27-28(7-13)8-14-9-32-21(29,30)10-31-14/h2-7,11,14,29-30H,8-10H2,1H3,(H2,25,26). The van der Waals surface area contributed by atoms with Crippen molar-refractivity contribution in [3.63, 3.8) is 0 Å². The Morgan fingerprint density at radius 3 is 2.85 bits per heavy atom. The second kappa shape index (κ2) is 9.41. The number of nitrogens with zero attached hydrogens (tertiary/aromatic N) is 3. The molecule has 0 bridgehead atoms. The molecule has 2 atom stereocenters. The fourth-order valence-electron chi connectivity index (χ4n) is 3.34. The Morgan fingerprint density at radius 1 is 1.33 bits per heavy atom. The molecule has 0 saturated carbocycles. The van der Waals surface area contributed by atoms with Gasteiger partial charge in [0.2, 0.25) is 0 Å². The molecule has 1 fully saturated rings. The van der Waals surface area contributed by atoms with Crippen LogP contribution in [0.4, 0.5) is 10.2 Å². The fourth-order valence-corrected chi connectivity index (χ4v) is 4.02. The number of halogens is 3. The van der Waals surface area contributed by atoms with Gasteiger partial charge in [0.25, 0.3) is 0 Å². The van der Waals surface area contributed by atoms with Crippen molar-refractivity contribution in [2.45, 2.75) is 31.6 Å². The third-order valence-electron chi connectivity index (χ3n) is 5.04.